The number of benzene rings is 1. The number of fused-ring (bicyclic) bond motifs is 1. The lowest BCUT2D eigenvalue weighted by molar-refractivity contribution is -0.179. The SMILES string of the molecule is CC(C)(C)c1nc2cc(N)ccc2n1C1(C(F)(F)F)CC1. The Bertz CT molecular complexity index is 703. The summed E-state index contributed by atoms with van der Waals surface area (Å²) in [5, 5.41) is 0. The second-order valence-corrected chi connectivity index (χ2v) is 6.80. The third-order valence-electron chi connectivity index (χ3n) is 4.03. The lowest BCUT2D eigenvalue weighted by Gasteiger charge is -2.28. The van der Waals surface area contributed by atoms with Crippen LogP contribution in [0.15, 0.2) is 18.2 Å². The van der Waals surface area contributed by atoms with Gasteiger partial charge in [-0.2, -0.15) is 13.2 Å². The first-order valence-corrected chi connectivity index (χ1v) is 6.92. The van der Waals surface area contributed by atoms with Crippen LogP contribution in [0.4, 0.5) is 18.9 Å². The van der Waals surface area contributed by atoms with Gasteiger partial charge in [0.05, 0.1) is 11.0 Å². The number of hydrogen-bond donors (Lipinski definition) is 1. The van der Waals surface area contributed by atoms with Crippen molar-refractivity contribution in [3.8, 4) is 0 Å². The molecule has 1 aromatic carbocycles. The van der Waals surface area contributed by atoms with E-state index in [0.29, 0.717) is 22.5 Å². The van der Waals surface area contributed by atoms with Gasteiger partial charge in [0.25, 0.3) is 0 Å². The Hall–Kier alpha value is -1.72. The number of nitrogen functional groups attached to an aromatic ring is 1. The molecule has 6 heteroatoms. The highest BCUT2D eigenvalue weighted by Crippen LogP contribution is 2.57. The number of nitrogens with two attached hydrogens (primary N) is 1. The molecule has 3 nitrogen and oxygen atoms in total. The molecule has 0 aliphatic heterocycles. The van der Waals surface area contributed by atoms with E-state index < -0.39 is 17.1 Å². The van der Waals surface area contributed by atoms with Gasteiger partial charge in [-0.25, -0.2) is 4.98 Å². The van der Waals surface area contributed by atoms with Crippen molar-refractivity contribution < 1.29 is 13.2 Å². The smallest absolute Gasteiger partial charge is 0.399 e. The summed E-state index contributed by atoms with van der Waals surface area (Å²) in [7, 11) is 0. The van der Waals surface area contributed by atoms with E-state index in [2.05, 4.69) is 4.98 Å². The average molecular weight is 297 g/mol. The number of nitrogens with zero attached hydrogens (tertiary/aromatic N) is 2. The molecule has 1 aromatic heterocycles. The summed E-state index contributed by atoms with van der Waals surface area (Å²) in [5.41, 5.74) is 4.98. The minimum absolute atomic E-state index is 0.107. The summed E-state index contributed by atoms with van der Waals surface area (Å²) in [6, 6.07) is 4.89. The summed E-state index contributed by atoms with van der Waals surface area (Å²) >= 11 is 0. The van der Waals surface area contributed by atoms with Crippen molar-refractivity contribution in [2.75, 3.05) is 5.73 Å². The van der Waals surface area contributed by atoms with Gasteiger partial charge in [0, 0.05) is 11.1 Å². The van der Waals surface area contributed by atoms with Gasteiger partial charge in [0.1, 0.15) is 11.4 Å². The van der Waals surface area contributed by atoms with Crippen LogP contribution in [0.3, 0.4) is 0 Å². The fourth-order valence-corrected chi connectivity index (χ4v) is 2.79. The van der Waals surface area contributed by atoms with Gasteiger partial charge in [-0.15, -0.1) is 0 Å². The van der Waals surface area contributed by atoms with Gasteiger partial charge < -0.3 is 10.3 Å². The number of hydrogen-bond acceptors (Lipinski definition) is 2. The standard InChI is InChI=1S/C15H18F3N3/c1-13(2,3)12-20-10-8-9(19)4-5-11(10)21(12)14(6-7-14)15(16,17)18/h4-5,8H,6-7,19H2,1-3H3. The van der Waals surface area contributed by atoms with Crippen molar-refractivity contribution in [3.63, 3.8) is 0 Å². The molecular formula is C15H18F3N3. The van der Waals surface area contributed by atoms with E-state index in [0.717, 1.165) is 0 Å². The Morgan fingerprint density at radius 2 is 1.81 bits per heavy atom. The van der Waals surface area contributed by atoms with Crippen LogP contribution in [-0.2, 0) is 11.0 Å². The molecule has 0 radical (unpaired) electrons. The van der Waals surface area contributed by atoms with Crippen LogP contribution in [0.1, 0.15) is 39.4 Å². The zero-order valence-corrected chi connectivity index (χ0v) is 12.3. The molecule has 0 bridgehead atoms. The summed E-state index contributed by atoms with van der Waals surface area (Å²) < 4.78 is 42.1. The van der Waals surface area contributed by atoms with E-state index in [1.54, 1.807) is 18.2 Å². The molecule has 0 spiro atoms. The van der Waals surface area contributed by atoms with Crippen LogP contribution in [0.2, 0.25) is 0 Å². The summed E-state index contributed by atoms with van der Waals surface area (Å²) in [5.74, 6) is 0.456. The first-order chi connectivity index (χ1) is 9.56. The third-order valence-corrected chi connectivity index (χ3v) is 4.03. The lowest BCUT2D eigenvalue weighted by atomic mass is 9.95. The Morgan fingerprint density at radius 3 is 2.29 bits per heavy atom. The van der Waals surface area contributed by atoms with Crippen molar-refractivity contribution in [2.45, 2.75) is 50.7 Å². The largest absolute Gasteiger partial charge is 0.412 e. The normalized spacial score (nSPS) is 18.2. The topological polar surface area (TPSA) is 43.8 Å². The number of alkyl halides is 3. The second kappa shape index (κ2) is 3.93. The van der Waals surface area contributed by atoms with E-state index >= 15 is 0 Å². The Balaban J connectivity index is 2.35. The summed E-state index contributed by atoms with van der Waals surface area (Å²) in [4.78, 5) is 4.45. The minimum Gasteiger partial charge on any atom is -0.399 e. The van der Waals surface area contributed by atoms with E-state index in [9.17, 15) is 13.2 Å². The van der Waals surface area contributed by atoms with Gasteiger partial charge in [0.2, 0.25) is 0 Å². The summed E-state index contributed by atoms with van der Waals surface area (Å²) in [6.07, 6.45) is -4.06. The zero-order chi connectivity index (χ0) is 15.6. The van der Waals surface area contributed by atoms with Crippen molar-refractivity contribution in [3.05, 3.63) is 24.0 Å². The van der Waals surface area contributed by atoms with Crippen LogP contribution < -0.4 is 5.73 Å². The van der Waals surface area contributed by atoms with E-state index in [4.69, 9.17) is 5.73 Å². The van der Waals surface area contributed by atoms with Crippen LogP contribution in [0, 0.1) is 0 Å². The fourth-order valence-electron chi connectivity index (χ4n) is 2.79. The molecule has 3 rings (SSSR count). The number of anilines is 1. The molecule has 0 atom stereocenters. The lowest BCUT2D eigenvalue weighted by Crippen LogP contribution is -2.38. The molecule has 0 amide bonds. The second-order valence-electron chi connectivity index (χ2n) is 6.80. The molecular weight excluding hydrogens is 279 g/mol. The van der Waals surface area contributed by atoms with Crippen LogP contribution in [0.5, 0.6) is 0 Å². The van der Waals surface area contributed by atoms with Gasteiger partial charge in [0.15, 0.2) is 0 Å². The molecule has 2 aromatic rings. The number of halogens is 3. The van der Waals surface area contributed by atoms with Crippen LogP contribution >= 0.6 is 0 Å². The van der Waals surface area contributed by atoms with Crippen molar-refractivity contribution in [1.82, 2.24) is 9.55 Å². The van der Waals surface area contributed by atoms with Gasteiger partial charge in [-0.3, -0.25) is 0 Å². The van der Waals surface area contributed by atoms with Crippen molar-refractivity contribution in [1.29, 1.82) is 0 Å². The van der Waals surface area contributed by atoms with E-state index in [1.165, 1.54) is 4.57 Å². The molecule has 1 saturated carbocycles. The molecule has 114 valence electrons. The van der Waals surface area contributed by atoms with Gasteiger partial charge in [-0.1, -0.05) is 20.8 Å². The number of rotatable bonds is 1. The van der Waals surface area contributed by atoms with Gasteiger partial charge in [-0.05, 0) is 31.0 Å². The highest BCUT2D eigenvalue weighted by atomic mass is 19.4. The Labute approximate surface area is 121 Å². The average Bonchev–Trinajstić information content (AvgIpc) is 3.03. The third kappa shape index (κ3) is 2.00. The maximum atomic E-state index is 13.6. The predicted octanol–water partition coefficient (Wildman–Crippen LogP) is 3.97. The molecule has 21 heavy (non-hydrogen) atoms. The van der Waals surface area contributed by atoms with Crippen LogP contribution in [-0.4, -0.2) is 15.7 Å². The quantitative estimate of drug-likeness (QED) is 0.809. The maximum Gasteiger partial charge on any atom is 0.412 e. The molecule has 0 unspecified atom stereocenters. The minimum atomic E-state index is -4.28. The molecule has 0 saturated heterocycles. The molecule has 1 aliphatic carbocycles. The maximum absolute atomic E-state index is 13.6. The zero-order valence-electron chi connectivity index (χ0n) is 12.3. The highest BCUT2D eigenvalue weighted by molar-refractivity contribution is 5.80. The van der Waals surface area contributed by atoms with Crippen LogP contribution in [0.25, 0.3) is 11.0 Å². The van der Waals surface area contributed by atoms with Crippen molar-refractivity contribution in [2.24, 2.45) is 0 Å². The molecule has 1 aliphatic rings. The molecule has 1 heterocycles. The van der Waals surface area contributed by atoms with Crippen molar-refractivity contribution >= 4 is 16.7 Å². The Morgan fingerprint density at radius 1 is 1.19 bits per heavy atom. The fraction of sp³-hybridized carbons (Fsp3) is 0.533. The predicted molar refractivity (Wildman–Crippen MR) is 76.1 cm³/mol. The van der Waals surface area contributed by atoms with Gasteiger partial charge >= 0.3 is 6.18 Å². The highest BCUT2D eigenvalue weighted by Gasteiger charge is 2.66. The monoisotopic (exact) mass is 297 g/mol. The van der Waals surface area contributed by atoms with E-state index in [1.807, 2.05) is 20.8 Å². The Kier molecular flexibility index (Phi) is 2.66. The first-order valence-electron chi connectivity index (χ1n) is 6.92. The molecule has 2 N–H and O–H groups in total. The van der Waals surface area contributed by atoms with E-state index in [-0.39, 0.29) is 12.8 Å². The molecule has 1 fully saturated rings. The number of aromatic nitrogens is 2. The number of imidazole rings is 1. The first kappa shape index (κ1) is 14.2. The summed E-state index contributed by atoms with van der Waals surface area (Å²) in [6.45, 7) is 5.63.